The zero-order chi connectivity index (χ0) is 27.1. The van der Waals surface area contributed by atoms with Gasteiger partial charge in [-0.05, 0) is 91.5 Å². The Morgan fingerprint density at radius 3 is 2.47 bits per heavy atom. The molecule has 7 nitrogen and oxygen atoms in total. The van der Waals surface area contributed by atoms with Crippen LogP contribution in [0.3, 0.4) is 0 Å². The van der Waals surface area contributed by atoms with Crippen LogP contribution in [0.15, 0.2) is 71.6 Å². The molecule has 3 amide bonds. The summed E-state index contributed by atoms with van der Waals surface area (Å²) in [6, 6.07) is 20.7. The van der Waals surface area contributed by atoms with E-state index in [2.05, 4.69) is 5.32 Å². The van der Waals surface area contributed by atoms with Crippen LogP contribution in [0.4, 0.5) is 10.5 Å². The van der Waals surface area contributed by atoms with Gasteiger partial charge in [0, 0.05) is 12.2 Å². The Labute approximate surface area is 226 Å². The number of thioether (sulfide) groups is 1. The van der Waals surface area contributed by atoms with Gasteiger partial charge in [0.05, 0.1) is 11.5 Å². The van der Waals surface area contributed by atoms with E-state index in [-0.39, 0.29) is 23.7 Å². The lowest BCUT2D eigenvalue weighted by Gasteiger charge is -2.13. The normalized spacial score (nSPS) is 14.2. The van der Waals surface area contributed by atoms with Crippen LogP contribution in [0, 0.1) is 13.8 Å². The van der Waals surface area contributed by atoms with Gasteiger partial charge in [-0.3, -0.25) is 19.3 Å². The third kappa shape index (κ3) is 6.83. The zero-order valence-electron chi connectivity index (χ0n) is 21.7. The highest BCUT2D eigenvalue weighted by molar-refractivity contribution is 8.18. The van der Waals surface area contributed by atoms with Crippen molar-refractivity contribution in [2.75, 3.05) is 25.1 Å². The van der Waals surface area contributed by atoms with E-state index < -0.39 is 0 Å². The summed E-state index contributed by atoms with van der Waals surface area (Å²) < 4.78 is 11.5. The summed E-state index contributed by atoms with van der Waals surface area (Å²) >= 11 is 0.926. The van der Waals surface area contributed by atoms with Crippen molar-refractivity contribution in [3.63, 3.8) is 0 Å². The molecule has 38 heavy (non-hydrogen) atoms. The predicted molar refractivity (Wildman–Crippen MR) is 150 cm³/mol. The van der Waals surface area contributed by atoms with Crippen LogP contribution >= 0.6 is 11.8 Å². The molecule has 0 unspecified atom stereocenters. The molecule has 1 fully saturated rings. The van der Waals surface area contributed by atoms with E-state index in [1.165, 1.54) is 4.90 Å². The van der Waals surface area contributed by atoms with Crippen molar-refractivity contribution in [2.45, 2.75) is 27.2 Å². The minimum atomic E-state index is -0.308. The van der Waals surface area contributed by atoms with Crippen LogP contribution in [-0.4, -0.2) is 41.7 Å². The van der Waals surface area contributed by atoms with E-state index in [4.69, 9.17) is 9.47 Å². The summed E-state index contributed by atoms with van der Waals surface area (Å²) in [6.45, 7) is 6.38. The maximum atomic E-state index is 12.9. The number of anilines is 1. The molecule has 1 aliphatic heterocycles. The Bertz CT molecular complexity index is 1370. The third-order valence-electron chi connectivity index (χ3n) is 6.06. The first-order valence-electron chi connectivity index (χ1n) is 12.4. The summed E-state index contributed by atoms with van der Waals surface area (Å²) in [4.78, 5) is 39.4. The standard InChI is InChI=1S/C30H30N2O5S/c1-4-36-26-17-23(11-13-25(26)37-19-28(33)31-24-12-10-20(2)21(3)16-24)18-27-29(34)32(30(35)38-27)15-14-22-8-6-5-7-9-22/h5-13,16-18H,4,14-15,19H2,1-3H3,(H,31,33)/b27-18+. The largest absolute Gasteiger partial charge is 0.490 e. The quantitative estimate of drug-likeness (QED) is 0.324. The van der Waals surface area contributed by atoms with Gasteiger partial charge in [0.25, 0.3) is 17.1 Å². The minimum absolute atomic E-state index is 0.188. The van der Waals surface area contributed by atoms with Crippen LogP contribution in [0.2, 0.25) is 0 Å². The number of hydrogen-bond donors (Lipinski definition) is 1. The Balaban J connectivity index is 1.40. The fraction of sp³-hybridized carbons (Fsp3) is 0.233. The van der Waals surface area contributed by atoms with Gasteiger partial charge in [-0.1, -0.05) is 42.5 Å². The first-order chi connectivity index (χ1) is 18.3. The monoisotopic (exact) mass is 530 g/mol. The Morgan fingerprint density at radius 2 is 1.74 bits per heavy atom. The summed E-state index contributed by atoms with van der Waals surface area (Å²) in [5.74, 6) is 0.264. The van der Waals surface area contributed by atoms with Gasteiger partial charge in [0.15, 0.2) is 18.1 Å². The van der Waals surface area contributed by atoms with Crippen LogP contribution in [0.5, 0.6) is 11.5 Å². The first kappa shape index (κ1) is 27.0. The number of benzene rings is 3. The predicted octanol–water partition coefficient (Wildman–Crippen LogP) is 6.00. The van der Waals surface area contributed by atoms with Crippen molar-refractivity contribution in [1.29, 1.82) is 0 Å². The highest BCUT2D eigenvalue weighted by atomic mass is 32.2. The molecule has 0 spiro atoms. The molecule has 0 atom stereocenters. The topological polar surface area (TPSA) is 84.9 Å². The van der Waals surface area contributed by atoms with Gasteiger partial charge >= 0.3 is 0 Å². The highest BCUT2D eigenvalue weighted by Gasteiger charge is 2.34. The molecule has 0 bridgehead atoms. The van der Waals surface area contributed by atoms with Crippen molar-refractivity contribution < 1.29 is 23.9 Å². The second-order valence-corrected chi connectivity index (χ2v) is 9.84. The molecular weight excluding hydrogens is 500 g/mol. The van der Waals surface area contributed by atoms with E-state index in [9.17, 15) is 14.4 Å². The molecule has 0 radical (unpaired) electrons. The molecule has 0 aliphatic carbocycles. The van der Waals surface area contributed by atoms with Crippen molar-refractivity contribution in [3.05, 3.63) is 93.9 Å². The highest BCUT2D eigenvalue weighted by Crippen LogP contribution is 2.35. The molecule has 3 aromatic rings. The number of imide groups is 1. The van der Waals surface area contributed by atoms with E-state index >= 15 is 0 Å². The van der Waals surface area contributed by atoms with Crippen molar-refractivity contribution in [3.8, 4) is 11.5 Å². The maximum Gasteiger partial charge on any atom is 0.293 e. The number of carbonyl (C=O) groups is 3. The number of hydrogen-bond acceptors (Lipinski definition) is 6. The van der Waals surface area contributed by atoms with Crippen LogP contribution in [0.1, 0.15) is 29.2 Å². The van der Waals surface area contributed by atoms with Crippen molar-refractivity contribution >= 4 is 40.6 Å². The number of amides is 3. The molecule has 1 aliphatic rings. The number of nitrogens with zero attached hydrogens (tertiary/aromatic N) is 1. The van der Waals surface area contributed by atoms with Gasteiger partial charge in [-0.25, -0.2) is 0 Å². The lowest BCUT2D eigenvalue weighted by molar-refractivity contribution is -0.122. The van der Waals surface area contributed by atoms with Gasteiger partial charge in [0.2, 0.25) is 0 Å². The molecule has 1 saturated heterocycles. The summed E-state index contributed by atoms with van der Waals surface area (Å²) in [7, 11) is 0. The van der Waals surface area contributed by atoms with Crippen LogP contribution in [0.25, 0.3) is 6.08 Å². The second-order valence-electron chi connectivity index (χ2n) is 8.84. The van der Waals surface area contributed by atoms with E-state index in [1.54, 1.807) is 24.3 Å². The zero-order valence-corrected chi connectivity index (χ0v) is 22.5. The molecular formula is C30H30N2O5S. The van der Waals surface area contributed by atoms with E-state index in [0.717, 1.165) is 28.5 Å². The number of aryl methyl sites for hydroxylation is 2. The molecule has 8 heteroatoms. The molecule has 196 valence electrons. The number of ether oxygens (including phenoxy) is 2. The fourth-order valence-corrected chi connectivity index (χ4v) is 4.76. The Hall–Kier alpha value is -4.04. The molecule has 4 rings (SSSR count). The number of carbonyl (C=O) groups excluding carboxylic acids is 3. The van der Waals surface area contributed by atoms with Gasteiger partial charge in [-0.15, -0.1) is 0 Å². The third-order valence-corrected chi connectivity index (χ3v) is 6.96. The lowest BCUT2D eigenvalue weighted by atomic mass is 10.1. The summed E-state index contributed by atoms with van der Waals surface area (Å²) in [5, 5.41) is 2.55. The average Bonchev–Trinajstić information content (AvgIpc) is 3.17. The minimum Gasteiger partial charge on any atom is -0.490 e. The van der Waals surface area contributed by atoms with E-state index in [0.29, 0.717) is 47.2 Å². The average molecular weight is 531 g/mol. The summed E-state index contributed by atoms with van der Waals surface area (Å²) in [5.41, 5.74) is 4.70. The molecule has 3 aromatic carbocycles. The smallest absolute Gasteiger partial charge is 0.293 e. The lowest BCUT2D eigenvalue weighted by Crippen LogP contribution is -2.30. The van der Waals surface area contributed by atoms with Crippen molar-refractivity contribution in [1.82, 2.24) is 4.90 Å². The Morgan fingerprint density at radius 1 is 0.947 bits per heavy atom. The summed E-state index contributed by atoms with van der Waals surface area (Å²) in [6.07, 6.45) is 2.27. The molecule has 0 saturated carbocycles. The fourth-order valence-electron chi connectivity index (χ4n) is 3.89. The van der Waals surface area contributed by atoms with Crippen molar-refractivity contribution in [2.24, 2.45) is 0 Å². The number of rotatable bonds is 10. The van der Waals surface area contributed by atoms with Crippen LogP contribution < -0.4 is 14.8 Å². The SMILES string of the molecule is CCOc1cc(/C=C2/SC(=O)N(CCc3ccccc3)C2=O)ccc1OCC(=O)Nc1ccc(C)c(C)c1. The molecule has 1 N–H and O–H groups in total. The number of nitrogens with one attached hydrogen (secondary N) is 1. The maximum absolute atomic E-state index is 12.9. The van der Waals surface area contributed by atoms with Gasteiger partial charge in [0.1, 0.15) is 0 Å². The Kier molecular flexibility index (Phi) is 8.86. The van der Waals surface area contributed by atoms with Crippen LogP contribution in [-0.2, 0) is 16.0 Å². The molecule has 1 heterocycles. The first-order valence-corrected chi connectivity index (χ1v) is 13.2. The van der Waals surface area contributed by atoms with Gasteiger partial charge in [-0.2, -0.15) is 0 Å². The van der Waals surface area contributed by atoms with Gasteiger partial charge < -0.3 is 14.8 Å². The van der Waals surface area contributed by atoms with E-state index in [1.807, 2.05) is 69.3 Å². The second kappa shape index (κ2) is 12.5. The molecule has 0 aromatic heterocycles.